The van der Waals surface area contributed by atoms with E-state index in [-0.39, 0.29) is 30.5 Å². The predicted octanol–water partition coefficient (Wildman–Crippen LogP) is -0.217. The molecule has 2 atom stereocenters. The van der Waals surface area contributed by atoms with Crippen molar-refractivity contribution in [2.75, 3.05) is 31.1 Å². The summed E-state index contributed by atoms with van der Waals surface area (Å²) in [5, 5.41) is 11.5. The van der Waals surface area contributed by atoms with Gasteiger partial charge < -0.3 is 15.3 Å². The third kappa shape index (κ3) is 4.38. The molecule has 0 saturated carbocycles. The number of carboxylic acids is 1. The molecule has 2 amide bonds. The van der Waals surface area contributed by atoms with Gasteiger partial charge in [0.25, 0.3) is 0 Å². The molecule has 0 aromatic carbocycles. The normalized spacial score (nSPS) is 23.4. The Balaban J connectivity index is 2.42. The van der Waals surface area contributed by atoms with Crippen LogP contribution in [0, 0.1) is 11.8 Å². The molecule has 0 aliphatic carbocycles. The van der Waals surface area contributed by atoms with Crippen molar-refractivity contribution < 1.29 is 23.1 Å². The van der Waals surface area contributed by atoms with Crippen molar-refractivity contribution in [3.05, 3.63) is 0 Å². The summed E-state index contributed by atoms with van der Waals surface area (Å²) >= 11 is 0. The van der Waals surface area contributed by atoms with E-state index in [1.165, 1.54) is 4.90 Å². The third-order valence-corrected chi connectivity index (χ3v) is 5.05. The van der Waals surface area contributed by atoms with E-state index in [2.05, 4.69) is 5.32 Å². The van der Waals surface area contributed by atoms with Gasteiger partial charge in [0.15, 0.2) is 9.84 Å². The average molecular weight is 292 g/mol. The van der Waals surface area contributed by atoms with E-state index in [0.717, 1.165) is 0 Å². The fourth-order valence-corrected chi connectivity index (χ4v) is 2.73. The number of hydrogen-bond acceptors (Lipinski definition) is 4. The molecule has 8 heteroatoms. The number of carbonyl (C=O) groups is 2. The van der Waals surface area contributed by atoms with Gasteiger partial charge in [-0.2, -0.15) is 0 Å². The zero-order valence-electron chi connectivity index (χ0n) is 11.1. The number of carbonyl (C=O) groups excluding carboxylic acids is 1. The van der Waals surface area contributed by atoms with E-state index in [4.69, 9.17) is 5.11 Å². The Morgan fingerprint density at radius 3 is 2.47 bits per heavy atom. The Bertz CT molecular complexity index is 448. The molecule has 7 nitrogen and oxygen atoms in total. The number of carboxylic acid groups (broad SMARTS) is 1. The number of amides is 2. The number of nitrogens with one attached hydrogen (secondary N) is 1. The Labute approximate surface area is 112 Å². The van der Waals surface area contributed by atoms with E-state index >= 15 is 0 Å². The van der Waals surface area contributed by atoms with Crippen LogP contribution in [0.5, 0.6) is 0 Å². The molecule has 2 unspecified atom stereocenters. The molecule has 110 valence electrons. The summed E-state index contributed by atoms with van der Waals surface area (Å²) in [6.45, 7) is 3.94. The highest BCUT2D eigenvalue weighted by Gasteiger charge is 2.36. The molecule has 1 fully saturated rings. The Morgan fingerprint density at radius 2 is 2.00 bits per heavy atom. The van der Waals surface area contributed by atoms with Gasteiger partial charge in [-0.1, -0.05) is 13.8 Å². The van der Waals surface area contributed by atoms with Crippen LogP contribution < -0.4 is 5.32 Å². The van der Waals surface area contributed by atoms with Gasteiger partial charge >= 0.3 is 12.0 Å². The van der Waals surface area contributed by atoms with Crippen LogP contribution in [0.1, 0.15) is 13.8 Å². The Kier molecular flexibility index (Phi) is 5.16. The van der Waals surface area contributed by atoms with Crippen molar-refractivity contribution in [3.63, 3.8) is 0 Å². The molecule has 1 aliphatic heterocycles. The van der Waals surface area contributed by atoms with E-state index in [0.29, 0.717) is 6.54 Å². The lowest BCUT2D eigenvalue weighted by Gasteiger charge is -2.16. The minimum absolute atomic E-state index is 0.0463. The Morgan fingerprint density at radius 1 is 1.37 bits per heavy atom. The molecule has 1 rings (SSSR count). The first-order chi connectivity index (χ1) is 8.76. The fourth-order valence-electron chi connectivity index (χ4n) is 2.02. The van der Waals surface area contributed by atoms with Gasteiger partial charge in [0.2, 0.25) is 0 Å². The highest BCUT2D eigenvalue weighted by atomic mass is 32.2. The van der Waals surface area contributed by atoms with E-state index in [1.54, 1.807) is 13.8 Å². The van der Waals surface area contributed by atoms with Crippen molar-refractivity contribution in [3.8, 4) is 0 Å². The van der Waals surface area contributed by atoms with Crippen molar-refractivity contribution in [2.45, 2.75) is 13.8 Å². The highest BCUT2D eigenvalue weighted by Crippen LogP contribution is 2.22. The maximum atomic E-state index is 11.8. The molecular formula is C11H20N2O5S. The molecular weight excluding hydrogens is 272 g/mol. The van der Waals surface area contributed by atoms with Crippen LogP contribution in [0.4, 0.5) is 4.79 Å². The highest BCUT2D eigenvalue weighted by molar-refractivity contribution is 7.91. The molecule has 1 saturated heterocycles. The van der Waals surface area contributed by atoms with E-state index < -0.39 is 27.8 Å². The second-order valence-electron chi connectivity index (χ2n) is 4.80. The van der Waals surface area contributed by atoms with Gasteiger partial charge in [-0.25, -0.2) is 13.2 Å². The molecule has 19 heavy (non-hydrogen) atoms. The molecule has 0 aromatic heterocycles. The van der Waals surface area contributed by atoms with Gasteiger partial charge in [0, 0.05) is 25.4 Å². The summed E-state index contributed by atoms with van der Waals surface area (Å²) in [7, 11) is -3.10. The van der Waals surface area contributed by atoms with Crippen LogP contribution in [-0.2, 0) is 14.6 Å². The number of hydrogen-bond donors (Lipinski definition) is 2. The lowest BCUT2D eigenvalue weighted by molar-refractivity contribution is -0.142. The maximum Gasteiger partial charge on any atom is 0.317 e. The van der Waals surface area contributed by atoms with Crippen LogP contribution >= 0.6 is 0 Å². The lowest BCUT2D eigenvalue weighted by atomic mass is 9.99. The topological polar surface area (TPSA) is 104 Å². The summed E-state index contributed by atoms with van der Waals surface area (Å²) in [5.74, 6) is -1.60. The molecule has 1 aliphatic rings. The molecule has 1 heterocycles. The first kappa shape index (κ1) is 15.7. The van der Waals surface area contributed by atoms with Crippen molar-refractivity contribution in [1.82, 2.24) is 10.2 Å². The molecule has 0 aromatic rings. The standard InChI is InChI=1S/C11H20N2O5S/c1-3-19(17,18)5-4-12-11(16)13-6-8(2)9(7-13)10(14)15/h8-9H,3-7H2,1-2H3,(H,12,16)(H,14,15). The summed E-state index contributed by atoms with van der Waals surface area (Å²) < 4.78 is 22.5. The first-order valence-electron chi connectivity index (χ1n) is 6.23. The second-order valence-corrected chi connectivity index (χ2v) is 7.27. The minimum atomic E-state index is -3.10. The number of likely N-dealkylation sites (tertiary alicyclic amines) is 1. The van der Waals surface area contributed by atoms with Gasteiger partial charge in [-0.3, -0.25) is 4.79 Å². The van der Waals surface area contributed by atoms with Crippen molar-refractivity contribution in [1.29, 1.82) is 0 Å². The van der Waals surface area contributed by atoms with Crippen LogP contribution in [0.3, 0.4) is 0 Å². The number of nitrogens with zero attached hydrogens (tertiary/aromatic N) is 1. The van der Waals surface area contributed by atoms with Crippen molar-refractivity contribution in [2.24, 2.45) is 11.8 Å². The van der Waals surface area contributed by atoms with Crippen molar-refractivity contribution >= 4 is 21.8 Å². The quantitative estimate of drug-likeness (QED) is 0.729. The van der Waals surface area contributed by atoms with Gasteiger partial charge in [0.05, 0.1) is 11.7 Å². The van der Waals surface area contributed by atoms with Crippen LogP contribution in [-0.4, -0.2) is 61.6 Å². The Hall–Kier alpha value is -1.31. The summed E-state index contributed by atoms with van der Waals surface area (Å²) in [6, 6.07) is -0.401. The van der Waals surface area contributed by atoms with Crippen LogP contribution in [0.2, 0.25) is 0 Å². The molecule has 0 bridgehead atoms. The van der Waals surface area contributed by atoms with E-state index in [9.17, 15) is 18.0 Å². The largest absolute Gasteiger partial charge is 0.481 e. The van der Waals surface area contributed by atoms with Gasteiger partial charge in [-0.05, 0) is 5.92 Å². The van der Waals surface area contributed by atoms with Gasteiger partial charge in [0.1, 0.15) is 0 Å². The van der Waals surface area contributed by atoms with Gasteiger partial charge in [-0.15, -0.1) is 0 Å². The average Bonchev–Trinajstić information content (AvgIpc) is 2.71. The minimum Gasteiger partial charge on any atom is -0.481 e. The number of urea groups is 1. The number of aliphatic carboxylic acids is 1. The zero-order valence-corrected chi connectivity index (χ0v) is 11.9. The summed E-state index contributed by atoms with van der Waals surface area (Å²) in [6.07, 6.45) is 0. The first-order valence-corrected chi connectivity index (χ1v) is 8.05. The van der Waals surface area contributed by atoms with Crippen LogP contribution in [0.15, 0.2) is 0 Å². The summed E-state index contributed by atoms with van der Waals surface area (Å²) in [4.78, 5) is 24.1. The zero-order chi connectivity index (χ0) is 14.6. The SMILES string of the molecule is CCS(=O)(=O)CCNC(=O)N1CC(C)C(C(=O)O)C1. The lowest BCUT2D eigenvalue weighted by Crippen LogP contribution is -2.41. The molecule has 2 N–H and O–H groups in total. The fraction of sp³-hybridized carbons (Fsp3) is 0.818. The number of sulfone groups is 1. The number of rotatable bonds is 5. The van der Waals surface area contributed by atoms with Crippen LogP contribution in [0.25, 0.3) is 0 Å². The third-order valence-electron chi connectivity index (χ3n) is 3.35. The molecule has 0 radical (unpaired) electrons. The maximum absolute atomic E-state index is 11.8. The van der Waals surface area contributed by atoms with E-state index in [1.807, 2.05) is 0 Å². The molecule has 0 spiro atoms. The summed E-state index contributed by atoms with van der Waals surface area (Å²) in [5.41, 5.74) is 0. The predicted molar refractivity (Wildman–Crippen MR) is 69.6 cm³/mol. The smallest absolute Gasteiger partial charge is 0.317 e. The monoisotopic (exact) mass is 292 g/mol. The second kappa shape index (κ2) is 6.23.